The third kappa shape index (κ3) is 3.77. The molecule has 140 valence electrons. The molecule has 3 aromatic rings. The van der Waals surface area contributed by atoms with Gasteiger partial charge in [0.05, 0.1) is 0 Å². The highest BCUT2D eigenvalue weighted by Crippen LogP contribution is 2.23. The first-order valence-corrected chi connectivity index (χ1v) is 9.13. The van der Waals surface area contributed by atoms with Gasteiger partial charge in [0.15, 0.2) is 0 Å². The number of halogens is 1. The zero-order valence-corrected chi connectivity index (χ0v) is 15.1. The lowest BCUT2D eigenvalue weighted by Gasteiger charge is -2.30. The van der Waals surface area contributed by atoms with E-state index in [1.165, 1.54) is 12.1 Å². The van der Waals surface area contributed by atoms with Crippen LogP contribution in [-0.4, -0.2) is 38.6 Å². The number of amides is 1. The number of nitrogens with zero attached hydrogens (tertiary/aromatic N) is 4. The van der Waals surface area contributed by atoms with E-state index in [1.54, 1.807) is 12.1 Å². The third-order valence-electron chi connectivity index (χ3n) is 5.02. The molecule has 0 bridgehead atoms. The molecule has 0 atom stereocenters. The summed E-state index contributed by atoms with van der Waals surface area (Å²) >= 11 is 0. The molecule has 1 amide bonds. The Morgan fingerprint density at radius 2 is 1.96 bits per heavy atom. The van der Waals surface area contributed by atoms with Crippen molar-refractivity contribution >= 4 is 5.91 Å². The van der Waals surface area contributed by atoms with E-state index in [-0.39, 0.29) is 18.3 Å². The van der Waals surface area contributed by atoms with E-state index in [1.807, 2.05) is 27.8 Å². The van der Waals surface area contributed by atoms with E-state index >= 15 is 0 Å². The number of hydrogen-bond donors (Lipinski definition) is 0. The van der Waals surface area contributed by atoms with Gasteiger partial charge in [0.1, 0.15) is 18.1 Å². The van der Waals surface area contributed by atoms with Gasteiger partial charge >= 0.3 is 0 Å². The summed E-state index contributed by atoms with van der Waals surface area (Å²) in [5, 5.41) is 3.97. The number of rotatable bonds is 4. The monoisotopic (exact) mass is 368 g/mol. The topological polar surface area (TPSA) is 64.2 Å². The van der Waals surface area contributed by atoms with Crippen molar-refractivity contribution in [1.82, 2.24) is 19.6 Å². The minimum atomic E-state index is -0.318. The van der Waals surface area contributed by atoms with Gasteiger partial charge in [0.2, 0.25) is 11.7 Å². The number of aromatic nitrogens is 3. The van der Waals surface area contributed by atoms with E-state index in [4.69, 9.17) is 4.52 Å². The smallest absolute Gasteiger partial charge is 0.274 e. The molecule has 2 aromatic heterocycles. The Morgan fingerprint density at radius 3 is 2.70 bits per heavy atom. The Balaban J connectivity index is 1.50. The minimum Gasteiger partial charge on any atom is -0.341 e. The largest absolute Gasteiger partial charge is 0.341 e. The first-order valence-electron chi connectivity index (χ1n) is 9.13. The van der Waals surface area contributed by atoms with Crippen LogP contribution in [0.1, 0.15) is 19.8 Å². The van der Waals surface area contributed by atoms with Gasteiger partial charge in [-0.1, -0.05) is 12.1 Å². The summed E-state index contributed by atoms with van der Waals surface area (Å²) in [6.45, 7) is 4.09. The molecule has 4 rings (SSSR count). The first-order chi connectivity index (χ1) is 13.1. The van der Waals surface area contributed by atoms with Crippen LogP contribution in [0.25, 0.3) is 23.0 Å². The highest BCUT2D eigenvalue weighted by atomic mass is 19.1. The van der Waals surface area contributed by atoms with Crippen molar-refractivity contribution in [3.63, 3.8) is 0 Å². The normalized spacial score (nSPS) is 15.3. The fraction of sp³-hybridized carbons (Fsp3) is 0.350. The summed E-state index contributed by atoms with van der Waals surface area (Å²) in [5.74, 6) is 1.17. The second-order valence-corrected chi connectivity index (χ2v) is 7.01. The lowest BCUT2D eigenvalue weighted by molar-refractivity contribution is -0.133. The molecule has 1 aliphatic rings. The van der Waals surface area contributed by atoms with Crippen LogP contribution in [0.15, 0.2) is 47.1 Å². The van der Waals surface area contributed by atoms with Gasteiger partial charge in [-0.3, -0.25) is 4.79 Å². The molecular formula is C20H21FN4O2. The number of carbonyl (C=O) groups excluding carboxylic acids is 1. The Hall–Kier alpha value is -2.96. The number of carbonyl (C=O) groups is 1. The Kier molecular flexibility index (Phi) is 4.75. The number of piperidine rings is 1. The fourth-order valence-corrected chi connectivity index (χ4v) is 3.29. The van der Waals surface area contributed by atoms with Crippen LogP contribution in [-0.2, 0) is 11.3 Å². The third-order valence-corrected chi connectivity index (χ3v) is 5.02. The number of likely N-dealkylation sites (tertiary alicyclic amines) is 1. The summed E-state index contributed by atoms with van der Waals surface area (Å²) in [4.78, 5) is 18.9. The summed E-state index contributed by atoms with van der Waals surface area (Å²) in [6.07, 6.45) is 3.94. The lowest BCUT2D eigenvalue weighted by Crippen LogP contribution is -2.39. The van der Waals surface area contributed by atoms with Crippen LogP contribution < -0.4 is 0 Å². The van der Waals surface area contributed by atoms with Crippen molar-refractivity contribution in [1.29, 1.82) is 0 Å². The molecule has 0 spiro atoms. The van der Waals surface area contributed by atoms with Crippen LogP contribution in [0.5, 0.6) is 0 Å². The van der Waals surface area contributed by atoms with Gasteiger partial charge < -0.3 is 14.0 Å². The van der Waals surface area contributed by atoms with Gasteiger partial charge in [-0.25, -0.2) is 4.39 Å². The van der Waals surface area contributed by atoms with Crippen molar-refractivity contribution in [3.8, 4) is 23.0 Å². The predicted octanol–water partition coefficient (Wildman–Crippen LogP) is 3.60. The maximum Gasteiger partial charge on any atom is 0.274 e. The standard InChI is InChI=1S/C20H21FN4O2/c1-14-8-11-24(12-9-14)18(26)13-25-10-2-3-17(25)20-22-19(23-27-20)15-4-6-16(21)7-5-15/h2-7,10,14H,8-9,11-13H2,1H3. The van der Waals surface area contributed by atoms with E-state index in [9.17, 15) is 9.18 Å². The average Bonchev–Trinajstić information content (AvgIpc) is 3.32. The number of benzene rings is 1. The van der Waals surface area contributed by atoms with E-state index in [0.717, 1.165) is 25.9 Å². The first kappa shape index (κ1) is 17.5. The van der Waals surface area contributed by atoms with Gasteiger partial charge in [-0.15, -0.1) is 0 Å². The Bertz CT molecular complexity index is 924. The summed E-state index contributed by atoms with van der Waals surface area (Å²) in [7, 11) is 0. The maximum atomic E-state index is 13.1. The molecule has 1 aliphatic heterocycles. The zero-order valence-electron chi connectivity index (χ0n) is 15.1. The minimum absolute atomic E-state index is 0.0950. The van der Waals surface area contributed by atoms with Gasteiger partial charge in [-0.2, -0.15) is 4.98 Å². The van der Waals surface area contributed by atoms with Gasteiger partial charge in [0.25, 0.3) is 5.89 Å². The Labute approximate surface area is 156 Å². The summed E-state index contributed by atoms with van der Waals surface area (Å²) in [5.41, 5.74) is 1.36. The molecular weight excluding hydrogens is 347 g/mol. The van der Waals surface area contributed by atoms with Crippen LogP contribution in [0, 0.1) is 11.7 Å². The highest BCUT2D eigenvalue weighted by molar-refractivity contribution is 5.77. The molecule has 0 radical (unpaired) electrons. The van der Waals surface area contributed by atoms with E-state index in [2.05, 4.69) is 17.1 Å². The van der Waals surface area contributed by atoms with Crippen molar-refractivity contribution < 1.29 is 13.7 Å². The molecule has 1 fully saturated rings. The molecule has 7 heteroatoms. The molecule has 1 saturated heterocycles. The van der Waals surface area contributed by atoms with E-state index in [0.29, 0.717) is 28.9 Å². The molecule has 27 heavy (non-hydrogen) atoms. The zero-order chi connectivity index (χ0) is 18.8. The predicted molar refractivity (Wildman–Crippen MR) is 98.1 cm³/mol. The number of hydrogen-bond acceptors (Lipinski definition) is 4. The van der Waals surface area contributed by atoms with E-state index < -0.39 is 0 Å². The molecule has 1 aromatic carbocycles. The average molecular weight is 368 g/mol. The highest BCUT2D eigenvalue weighted by Gasteiger charge is 2.22. The molecule has 3 heterocycles. The summed E-state index contributed by atoms with van der Waals surface area (Å²) in [6, 6.07) is 9.60. The van der Waals surface area contributed by atoms with Crippen molar-refractivity contribution in [2.75, 3.05) is 13.1 Å². The van der Waals surface area contributed by atoms with Crippen LogP contribution in [0.4, 0.5) is 4.39 Å². The molecule has 0 N–H and O–H groups in total. The van der Waals surface area contributed by atoms with Gasteiger partial charge in [-0.05, 0) is 55.2 Å². The van der Waals surface area contributed by atoms with Gasteiger partial charge in [0, 0.05) is 24.8 Å². The van der Waals surface area contributed by atoms with Crippen LogP contribution in [0.2, 0.25) is 0 Å². The molecule has 0 unspecified atom stereocenters. The Morgan fingerprint density at radius 1 is 1.22 bits per heavy atom. The van der Waals surface area contributed by atoms with Crippen molar-refractivity contribution in [3.05, 3.63) is 48.4 Å². The van der Waals surface area contributed by atoms with Crippen molar-refractivity contribution in [2.24, 2.45) is 5.92 Å². The second-order valence-electron chi connectivity index (χ2n) is 7.01. The van der Waals surface area contributed by atoms with Crippen LogP contribution in [0.3, 0.4) is 0 Å². The maximum absolute atomic E-state index is 13.1. The SMILES string of the molecule is CC1CCN(C(=O)Cn2cccc2-c2nc(-c3ccc(F)cc3)no2)CC1. The quantitative estimate of drug-likeness (QED) is 0.706. The summed E-state index contributed by atoms with van der Waals surface area (Å²) < 4.78 is 20.3. The fourth-order valence-electron chi connectivity index (χ4n) is 3.29. The molecule has 0 saturated carbocycles. The van der Waals surface area contributed by atoms with Crippen molar-refractivity contribution in [2.45, 2.75) is 26.3 Å². The molecule has 6 nitrogen and oxygen atoms in total. The second kappa shape index (κ2) is 7.34. The molecule has 0 aliphatic carbocycles. The van der Waals surface area contributed by atoms with Crippen LogP contribution >= 0.6 is 0 Å². The lowest BCUT2D eigenvalue weighted by atomic mass is 9.99.